The van der Waals surface area contributed by atoms with Gasteiger partial charge in [-0.1, -0.05) is 0 Å². The van der Waals surface area contributed by atoms with Gasteiger partial charge < -0.3 is 21.3 Å². The lowest BCUT2D eigenvalue weighted by atomic mass is 10.1. The van der Waals surface area contributed by atoms with E-state index in [4.69, 9.17) is 15.9 Å². The Kier molecular flexibility index (Phi) is 5.01. The molecule has 0 radical (unpaired) electrons. The summed E-state index contributed by atoms with van der Waals surface area (Å²) in [5.41, 5.74) is 4.91. The van der Waals surface area contributed by atoms with Crippen molar-refractivity contribution in [2.75, 3.05) is 6.61 Å². The SMILES string of the molecule is C[C@@H](O)[C@H](NC(=O)CCO)C(N)=O. The molecule has 5 N–H and O–H groups in total. The highest BCUT2D eigenvalue weighted by Gasteiger charge is 2.22. The van der Waals surface area contributed by atoms with Gasteiger partial charge in [0, 0.05) is 6.42 Å². The van der Waals surface area contributed by atoms with Gasteiger partial charge in [0.2, 0.25) is 11.8 Å². The zero-order valence-electron chi connectivity index (χ0n) is 7.36. The molecule has 0 aliphatic rings. The molecule has 6 nitrogen and oxygen atoms in total. The Morgan fingerprint density at radius 2 is 2.08 bits per heavy atom. The summed E-state index contributed by atoms with van der Waals surface area (Å²) in [7, 11) is 0. The molecule has 2 atom stereocenters. The van der Waals surface area contributed by atoms with Crippen molar-refractivity contribution in [3.63, 3.8) is 0 Å². The number of carbonyl (C=O) groups excluding carboxylic acids is 2. The highest BCUT2D eigenvalue weighted by molar-refractivity contribution is 5.87. The van der Waals surface area contributed by atoms with Crippen LogP contribution >= 0.6 is 0 Å². The predicted octanol–water partition coefficient (Wildman–Crippen LogP) is -2.28. The molecule has 0 aliphatic heterocycles. The van der Waals surface area contributed by atoms with Crippen LogP contribution in [0.3, 0.4) is 0 Å². The Hall–Kier alpha value is -1.14. The minimum Gasteiger partial charge on any atom is -0.396 e. The van der Waals surface area contributed by atoms with Gasteiger partial charge in [-0.15, -0.1) is 0 Å². The van der Waals surface area contributed by atoms with Crippen molar-refractivity contribution in [1.29, 1.82) is 0 Å². The molecule has 0 aromatic carbocycles. The van der Waals surface area contributed by atoms with Crippen LogP contribution in [-0.4, -0.2) is 40.8 Å². The van der Waals surface area contributed by atoms with Crippen LogP contribution in [-0.2, 0) is 9.59 Å². The maximum atomic E-state index is 10.9. The van der Waals surface area contributed by atoms with E-state index in [0.717, 1.165) is 0 Å². The molecule has 0 heterocycles. The molecule has 0 rings (SSSR count). The van der Waals surface area contributed by atoms with Crippen molar-refractivity contribution in [2.24, 2.45) is 5.73 Å². The van der Waals surface area contributed by atoms with Crippen LogP contribution in [0.1, 0.15) is 13.3 Å². The van der Waals surface area contributed by atoms with E-state index in [2.05, 4.69) is 5.32 Å². The average molecular weight is 190 g/mol. The average Bonchev–Trinajstić information content (AvgIpc) is 1.99. The smallest absolute Gasteiger partial charge is 0.242 e. The van der Waals surface area contributed by atoms with Gasteiger partial charge in [-0.2, -0.15) is 0 Å². The second-order valence-electron chi connectivity index (χ2n) is 2.66. The van der Waals surface area contributed by atoms with Crippen LogP contribution in [0.25, 0.3) is 0 Å². The van der Waals surface area contributed by atoms with Crippen molar-refractivity contribution in [2.45, 2.75) is 25.5 Å². The fourth-order valence-corrected chi connectivity index (χ4v) is 0.777. The van der Waals surface area contributed by atoms with Crippen molar-refractivity contribution in [3.05, 3.63) is 0 Å². The summed E-state index contributed by atoms with van der Waals surface area (Å²) in [6.07, 6.45) is -1.16. The Labute approximate surface area is 75.7 Å². The normalized spacial score (nSPS) is 14.7. The molecule has 0 unspecified atom stereocenters. The van der Waals surface area contributed by atoms with Gasteiger partial charge in [-0.3, -0.25) is 9.59 Å². The number of nitrogens with one attached hydrogen (secondary N) is 1. The fraction of sp³-hybridized carbons (Fsp3) is 0.714. The summed E-state index contributed by atoms with van der Waals surface area (Å²) in [6.45, 7) is 1.03. The van der Waals surface area contributed by atoms with E-state index < -0.39 is 24.0 Å². The van der Waals surface area contributed by atoms with Gasteiger partial charge in [0.05, 0.1) is 12.7 Å². The summed E-state index contributed by atoms with van der Waals surface area (Å²) < 4.78 is 0. The minimum atomic E-state index is -1.10. The molecule has 2 amide bonds. The van der Waals surface area contributed by atoms with E-state index >= 15 is 0 Å². The fourth-order valence-electron chi connectivity index (χ4n) is 0.777. The number of nitrogens with two attached hydrogens (primary N) is 1. The number of hydrogen-bond donors (Lipinski definition) is 4. The molecule has 0 aromatic rings. The second kappa shape index (κ2) is 5.50. The topological polar surface area (TPSA) is 113 Å². The first-order valence-electron chi connectivity index (χ1n) is 3.86. The molecule has 0 aromatic heterocycles. The molecule has 0 bridgehead atoms. The number of hydrogen-bond acceptors (Lipinski definition) is 4. The molecule has 0 saturated carbocycles. The first-order valence-corrected chi connectivity index (χ1v) is 3.86. The van der Waals surface area contributed by atoms with Gasteiger partial charge in [-0.05, 0) is 6.92 Å². The van der Waals surface area contributed by atoms with Crippen LogP contribution in [0.15, 0.2) is 0 Å². The number of aliphatic hydroxyl groups is 2. The Morgan fingerprint density at radius 1 is 1.54 bits per heavy atom. The van der Waals surface area contributed by atoms with Crippen LogP contribution in [0.2, 0.25) is 0 Å². The summed E-state index contributed by atoms with van der Waals surface area (Å²) in [5, 5.41) is 19.6. The maximum absolute atomic E-state index is 10.9. The van der Waals surface area contributed by atoms with Crippen LogP contribution < -0.4 is 11.1 Å². The van der Waals surface area contributed by atoms with E-state index in [9.17, 15) is 9.59 Å². The highest BCUT2D eigenvalue weighted by atomic mass is 16.3. The Morgan fingerprint density at radius 3 is 2.38 bits per heavy atom. The Bertz CT molecular complexity index is 193. The molecule has 6 heteroatoms. The van der Waals surface area contributed by atoms with Gasteiger partial charge in [0.25, 0.3) is 0 Å². The van der Waals surface area contributed by atoms with E-state index in [0.29, 0.717) is 0 Å². The molecular formula is C7H14N2O4. The molecule has 0 spiro atoms. The number of aliphatic hydroxyl groups excluding tert-OH is 2. The summed E-state index contributed by atoms with van der Waals surface area (Å²) >= 11 is 0. The second-order valence-corrected chi connectivity index (χ2v) is 2.66. The number of amides is 2. The summed E-state index contributed by atoms with van der Waals surface area (Å²) in [6, 6.07) is -1.10. The van der Waals surface area contributed by atoms with Crippen molar-refractivity contribution < 1.29 is 19.8 Å². The van der Waals surface area contributed by atoms with Crippen molar-refractivity contribution in [3.8, 4) is 0 Å². The summed E-state index contributed by atoms with van der Waals surface area (Å²) in [5.74, 6) is -1.33. The molecular weight excluding hydrogens is 176 g/mol. The quantitative estimate of drug-likeness (QED) is 0.391. The predicted molar refractivity (Wildman–Crippen MR) is 44.5 cm³/mol. The lowest BCUT2D eigenvalue weighted by Gasteiger charge is -2.17. The first-order chi connectivity index (χ1) is 5.99. The lowest BCUT2D eigenvalue weighted by molar-refractivity contribution is -0.130. The molecule has 0 saturated heterocycles. The van der Waals surface area contributed by atoms with E-state index in [1.165, 1.54) is 6.92 Å². The zero-order chi connectivity index (χ0) is 10.4. The van der Waals surface area contributed by atoms with Gasteiger partial charge in [0.1, 0.15) is 6.04 Å². The largest absolute Gasteiger partial charge is 0.396 e. The summed E-state index contributed by atoms with van der Waals surface area (Å²) in [4.78, 5) is 21.5. The van der Waals surface area contributed by atoms with Crippen LogP contribution in [0.4, 0.5) is 0 Å². The third-order valence-electron chi connectivity index (χ3n) is 1.44. The zero-order valence-corrected chi connectivity index (χ0v) is 7.36. The van der Waals surface area contributed by atoms with Gasteiger partial charge in [0.15, 0.2) is 0 Å². The third kappa shape index (κ3) is 4.44. The van der Waals surface area contributed by atoms with E-state index in [1.807, 2.05) is 0 Å². The van der Waals surface area contributed by atoms with Crippen molar-refractivity contribution in [1.82, 2.24) is 5.32 Å². The number of rotatable bonds is 5. The molecule has 13 heavy (non-hydrogen) atoms. The minimum absolute atomic E-state index is 0.115. The first kappa shape index (κ1) is 11.9. The Balaban J connectivity index is 4.10. The van der Waals surface area contributed by atoms with Gasteiger partial charge in [-0.25, -0.2) is 0 Å². The standard InChI is InChI=1S/C7H14N2O4/c1-4(11)6(7(8)13)9-5(12)2-3-10/h4,6,10-11H,2-3H2,1H3,(H2,8,13)(H,9,12)/t4-,6+/m1/s1. The van der Waals surface area contributed by atoms with E-state index in [-0.39, 0.29) is 13.0 Å². The third-order valence-corrected chi connectivity index (χ3v) is 1.44. The maximum Gasteiger partial charge on any atom is 0.242 e. The number of primary amides is 1. The monoisotopic (exact) mass is 190 g/mol. The lowest BCUT2D eigenvalue weighted by Crippen LogP contribution is -2.50. The number of carbonyl (C=O) groups is 2. The van der Waals surface area contributed by atoms with E-state index in [1.54, 1.807) is 0 Å². The highest BCUT2D eigenvalue weighted by Crippen LogP contribution is 1.92. The molecule has 76 valence electrons. The molecule has 0 fully saturated rings. The van der Waals surface area contributed by atoms with Gasteiger partial charge >= 0.3 is 0 Å². The molecule has 0 aliphatic carbocycles. The van der Waals surface area contributed by atoms with Crippen LogP contribution in [0.5, 0.6) is 0 Å². The van der Waals surface area contributed by atoms with Crippen molar-refractivity contribution >= 4 is 11.8 Å². The van der Waals surface area contributed by atoms with Crippen LogP contribution in [0, 0.1) is 0 Å².